The van der Waals surface area contributed by atoms with Crippen LogP contribution in [-0.2, 0) is 12.8 Å². The number of nitrogens with one attached hydrogen (secondary N) is 1. The van der Waals surface area contributed by atoms with Crippen molar-refractivity contribution < 1.29 is 4.52 Å². The third-order valence-electron chi connectivity index (χ3n) is 3.49. The largest absolute Gasteiger partial charge is 0.340 e. The minimum absolute atomic E-state index is 0.325. The summed E-state index contributed by atoms with van der Waals surface area (Å²) in [5.74, 6) is 2.09. The topological polar surface area (TPSA) is 51.0 Å². The summed E-state index contributed by atoms with van der Waals surface area (Å²) in [6, 6.07) is 9.22. The normalized spacial score (nSPS) is 12.8. The van der Waals surface area contributed by atoms with E-state index in [1.165, 1.54) is 11.1 Å². The van der Waals surface area contributed by atoms with Gasteiger partial charge in [0.25, 0.3) is 0 Å². The highest BCUT2D eigenvalue weighted by Gasteiger charge is 2.07. The average Bonchev–Trinajstić information content (AvgIpc) is 2.84. The molecular formula is C17H25N3O. The van der Waals surface area contributed by atoms with Gasteiger partial charge in [-0.15, -0.1) is 0 Å². The molecule has 21 heavy (non-hydrogen) atoms. The summed E-state index contributed by atoms with van der Waals surface area (Å²) < 4.78 is 4.96. The van der Waals surface area contributed by atoms with E-state index in [9.17, 15) is 0 Å². The molecule has 1 aromatic carbocycles. The molecular weight excluding hydrogens is 262 g/mol. The lowest BCUT2D eigenvalue weighted by molar-refractivity contribution is 0.386. The van der Waals surface area contributed by atoms with E-state index in [0.29, 0.717) is 17.9 Å². The van der Waals surface area contributed by atoms with E-state index < -0.39 is 0 Å². The lowest BCUT2D eigenvalue weighted by Crippen LogP contribution is -2.21. The summed E-state index contributed by atoms with van der Waals surface area (Å²) >= 11 is 0. The molecule has 0 aliphatic carbocycles. The van der Waals surface area contributed by atoms with Crippen LogP contribution in [0.3, 0.4) is 0 Å². The summed E-state index contributed by atoms with van der Waals surface area (Å²) in [7, 11) is 0. The molecule has 0 aliphatic heterocycles. The fourth-order valence-electron chi connectivity index (χ4n) is 2.37. The zero-order valence-electron chi connectivity index (χ0n) is 13.4. The van der Waals surface area contributed by atoms with Crippen LogP contribution in [0.2, 0.25) is 0 Å². The minimum atomic E-state index is 0.325. The second-order valence-corrected chi connectivity index (χ2v) is 5.99. The molecule has 0 saturated heterocycles. The number of aromatic nitrogens is 2. The second kappa shape index (κ2) is 7.36. The van der Waals surface area contributed by atoms with Crippen molar-refractivity contribution in [1.82, 2.24) is 15.5 Å². The summed E-state index contributed by atoms with van der Waals surface area (Å²) in [4.78, 5) is 4.20. The Morgan fingerprint density at radius 3 is 2.43 bits per heavy atom. The maximum Gasteiger partial charge on any atom is 0.223 e. The van der Waals surface area contributed by atoms with E-state index in [1.54, 1.807) is 0 Å². The minimum Gasteiger partial charge on any atom is -0.340 e. The van der Waals surface area contributed by atoms with Crippen LogP contribution in [0.4, 0.5) is 0 Å². The molecule has 2 rings (SSSR count). The first kappa shape index (κ1) is 15.7. The number of aryl methyl sites for hydroxylation is 1. The van der Waals surface area contributed by atoms with Gasteiger partial charge in [-0.2, -0.15) is 4.98 Å². The third kappa shape index (κ3) is 4.97. The van der Waals surface area contributed by atoms with E-state index in [-0.39, 0.29) is 0 Å². The molecule has 0 spiro atoms. The molecule has 1 atom stereocenters. The monoisotopic (exact) mass is 287 g/mol. The first-order chi connectivity index (χ1) is 10.0. The first-order valence-corrected chi connectivity index (χ1v) is 7.66. The van der Waals surface area contributed by atoms with Crippen molar-refractivity contribution in [1.29, 1.82) is 0 Å². The van der Waals surface area contributed by atoms with Gasteiger partial charge in [-0.05, 0) is 30.4 Å². The molecule has 1 unspecified atom stereocenters. The van der Waals surface area contributed by atoms with Crippen molar-refractivity contribution in [2.75, 3.05) is 6.54 Å². The van der Waals surface area contributed by atoms with E-state index >= 15 is 0 Å². The molecule has 0 aliphatic rings. The van der Waals surface area contributed by atoms with Gasteiger partial charge in [0.05, 0.1) is 0 Å². The van der Waals surface area contributed by atoms with Crippen molar-refractivity contribution in [2.24, 2.45) is 5.92 Å². The molecule has 4 heteroatoms. The zero-order valence-corrected chi connectivity index (χ0v) is 13.4. The van der Waals surface area contributed by atoms with E-state index in [2.05, 4.69) is 60.5 Å². The second-order valence-electron chi connectivity index (χ2n) is 5.99. The molecule has 0 amide bonds. The Balaban J connectivity index is 1.81. The predicted molar refractivity (Wildman–Crippen MR) is 84.1 cm³/mol. The van der Waals surface area contributed by atoms with Crippen LogP contribution in [-0.4, -0.2) is 16.7 Å². The molecule has 0 fully saturated rings. The van der Waals surface area contributed by atoms with Gasteiger partial charge < -0.3 is 9.84 Å². The van der Waals surface area contributed by atoms with Gasteiger partial charge in [-0.1, -0.05) is 43.3 Å². The Morgan fingerprint density at radius 2 is 1.86 bits per heavy atom. The van der Waals surface area contributed by atoms with Crippen molar-refractivity contribution in [2.45, 2.75) is 46.6 Å². The number of nitrogens with zero attached hydrogens (tertiary/aromatic N) is 2. The maximum atomic E-state index is 4.96. The van der Waals surface area contributed by atoms with Crippen molar-refractivity contribution in [3.8, 4) is 0 Å². The van der Waals surface area contributed by atoms with Crippen LogP contribution in [0.15, 0.2) is 28.8 Å². The van der Waals surface area contributed by atoms with Gasteiger partial charge in [0.1, 0.15) is 0 Å². The van der Waals surface area contributed by atoms with Crippen molar-refractivity contribution in [3.05, 3.63) is 47.1 Å². The van der Waals surface area contributed by atoms with Crippen LogP contribution in [0, 0.1) is 12.8 Å². The summed E-state index contributed by atoms with van der Waals surface area (Å²) in [5, 5.41) is 7.39. The highest BCUT2D eigenvalue weighted by Crippen LogP contribution is 2.15. The molecule has 1 aromatic heterocycles. The van der Waals surface area contributed by atoms with Crippen LogP contribution in [0.1, 0.15) is 49.7 Å². The van der Waals surface area contributed by atoms with Gasteiger partial charge >= 0.3 is 0 Å². The average molecular weight is 287 g/mol. The molecule has 1 heterocycles. The van der Waals surface area contributed by atoms with E-state index in [4.69, 9.17) is 4.52 Å². The van der Waals surface area contributed by atoms with Gasteiger partial charge in [-0.3, -0.25) is 0 Å². The van der Waals surface area contributed by atoms with E-state index in [1.807, 2.05) is 6.92 Å². The lowest BCUT2D eigenvalue weighted by Gasteiger charge is -2.14. The Kier molecular flexibility index (Phi) is 5.51. The van der Waals surface area contributed by atoms with E-state index in [0.717, 1.165) is 25.2 Å². The quantitative estimate of drug-likeness (QED) is 0.847. The molecule has 0 saturated carbocycles. The molecule has 4 nitrogen and oxygen atoms in total. The summed E-state index contributed by atoms with van der Waals surface area (Å²) in [6.45, 7) is 9.33. The summed E-state index contributed by atoms with van der Waals surface area (Å²) in [6.07, 6.45) is 1.92. The Hall–Kier alpha value is -1.68. The number of hydrogen-bond acceptors (Lipinski definition) is 4. The Labute approximate surface area is 127 Å². The summed E-state index contributed by atoms with van der Waals surface area (Å²) in [5.41, 5.74) is 2.72. The van der Waals surface area contributed by atoms with Gasteiger partial charge in [0.15, 0.2) is 5.82 Å². The number of rotatable bonds is 7. The van der Waals surface area contributed by atoms with Gasteiger partial charge in [0.2, 0.25) is 5.89 Å². The fraction of sp³-hybridized carbons (Fsp3) is 0.529. The molecule has 0 radical (unpaired) electrons. The van der Waals surface area contributed by atoms with Crippen LogP contribution >= 0.6 is 0 Å². The number of hydrogen-bond donors (Lipinski definition) is 1. The zero-order chi connectivity index (χ0) is 15.2. The van der Waals surface area contributed by atoms with Crippen molar-refractivity contribution >= 4 is 0 Å². The van der Waals surface area contributed by atoms with Crippen LogP contribution < -0.4 is 5.32 Å². The van der Waals surface area contributed by atoms with Crippen LogP contribution in [0.5, 0.6) is 0 Å². The Bertz CT molecular complexity index is 545. The van der Waals surface area contributed by atoms with Gasteiger partial charge in [-0.25, -0.2) is 0 Å². The molecule has 0 bridgehead atoms. The lowest BCUT2D eigenvalue weighted by atomic mass is 10.00. The van der Waals surface area contributed by atoms with Gasteiger partial charge in [0, 0.05) is 25.9 Å². The number of benzene rings is 1. The predicted octanol–water partition coefficient (Wildman–Crippen LogP) is 3.47. The van der Waals surface area contributed by atoms with Crippen molar-refractivity contribution in [3.63, 3.8) is 0 Å². The highest BCUT2D eigenvalue weighted by atomic mass is 16.5. The molecule has 1 N–H and O–H groups in total. The molecule has 2 aromatic rings. The fourth-order valence-corrected chi connectivity index (χ4v) is 2.37. The molecule has 114 valence electrons. The van der Waals surface area contributed by atoms with Crippen LogP contribution in [0.25, 0.3) is 0 Å². The SMILES string of the molecule is Cc1nc(CCNC(C)c2ccc(CC(C)C)cc2)no1. The smallest absolute Gasteiger partial charge is 0.223 e. The third-order valence-corrected chi connectivity index (χ3v) is 3.49. The highest BCUT2D eigenvalue weighted by molar-refractivity contribution is 5.25. The standard InChI is InChI=1S/C17H25N3O/c1-12(2)11-15-5-7-16(8-6-15)13(3)18-10-9-17-19-14(4)21-20-17/h5-8,12-13,18H,9-11H2,1-4H3. The Morgan fingerprint density at radius 1 is 1.14 bits per heavy atom. The first-order valence-electron chi connectivity index (χ1n) is 7.66. The maximum absolute atomic E-state index is 4.96.